The van der Waals surface area contributed by atoms with Gasteiger partial charge in [-0.1, -0.05) is 18.2 Å². The monoisotopic (exact) mass is 438 g/mol. The van der Waals surface area contributed by atoms with Crippen molar-refractivity contribution in [2.75, 3.05) is 20.1 Å². The molecule has 3 aromatic rings. The van der Waals surface area contributed by atoms with Crippen LogP contribution in [-0.2, 0) is 12.8 Å². The van der Waals surface area contributed by atoms with Gasteiger partial charge in [-0.25, -0.2) is 0 Å². The number of furan rings is 1. The summed E-state index contributed by atoms with van der Waals surface area (Å²) in [6.45, 7) is 1.62. The van der Waals surface area contributed by atoms with Crippen LogP contribution < -0.4 is 10.6 Å². The Morgan fingerprint density at radius 3 is 2.58 bits per heavy atom. The predicted octanol–water partition coefficient (Wildman–Crippen LogP) is 3.33. The average molecular weight is 438 g/mol. The van der Waals surface area contributed by atoms with Crippen LogP contribution in [0.25, 0.3) is 10.9 Å². The van der Waals surface area contributed by atoms with E-state index in [-0.39, 0.29) is 24.0 Å². The normalized spacial score (nSPS) is 11.3. The van der Waals surface area contributed by atoms with Gasteiger partial charge in [0.15, 0.2) is 5.96 Å². The highest BCUT2D eigenvalue weighted by Gasteiger charge is 2.02. The highest BCUT2D eigenvalue weighted by molar-refractivity contribution is 14.0. The van der Waals surface area contributed by atoms with Gasteiger partial charge in [0.1, 0.15) is 5.76 Å². The van der Waals surface area contributed by atoms with E-state index in [0.717, 1.165) is 37.7 Å². The van der Waals surface area contributed by atoms with Crippen molar-refractivity contribution in [3.63, 3.8) is 0 Å². The van der Waals surface area contributed by atoms with E-state index < -0.39 is 0 Å². The fourth-order valence-electron chi connectivity index (χ4n) is 2.56. The Bertz CT molecular complexity index is 731. The number of para-hydroxylation sites is 1. The lowest BCUT2D eigenvalue weighted by Crippen LogP contribution is -2.39. The fraction of sp³-hybridized carbons (Fsp3) is 0.278. The lowest BCUT2D eigenvalue weighted by atomic mass is 10.2. The van der Waals surface area contributed by atoms with Crippen molar-refractivity contribution in [2.24, 2.45) is 4.99 Å². The van der Waals surface area contributed by atoms with Crippen LogP contribution in [0.5, 0.6) is 0 Å². The molecule has 0 fully saturated rings. The molecule has 0 aliphatic rings. The van der Waals surface area contributed by atoms with E-state index in [1.54, 1.807) is 13.3 Å². The third kappa shape index (κ3) is 5.02. The topological polar surface area (TPSA) is 65.3 Å². The molecule has 2 aromatic heterocycles. The van der Waals surface area contributed by atoms with Gasteiger partial charge in [0.05, 0.1) is 6.26 Å². The molecule has 0 saturated carbocycles. The molecule has 24 heavy (non-hydrogen) atoms. The number of nitrogens with one attached hydrogen (secondary N) is 3. The van der Waals surface area contributed by atoms with Crippen molar-refractivity contribution in [1.82, 2.24) is 15.6 Å². The van der Waals surface area contributed by atoms with Gasteiger partial charge in [0.2, 0.25) is 0 Å². The summed E-state index contributed by atoms with van der Waals surface area (Å²) in [6.07, 6.45) is 3.46. The Labute approximate surface area is 159 Å². The van der Waals surface area contributed by atoms with Crippen molar-refractivity contribution in [1.29, 1.82) is 0 Å². The Balaban J connectivity index is 0.00000208. The summed E-state index contributed by atoms with van der Waals surface area (Å²) < 4.78 is 5.31. The van der Waals surface area contributed by atoms with Crippen LogP contribution in [-0.4, -0.2) is 31.1 Å². The van der Waals surface area contributed by atoms with Crippen LogP contribution in [0.3, 0.4) is 0 Å². The number of aromatic amines is 1. The number of benzene rings is 1. The molecule has 0 aliphatic heterocycles. The first-order valence-corrected chi connectivity index (χ1v) is 7.88. The first-order chi connectivity index (χ1) is 11.3. The van der Waals surface area contributed by atoms with Gasteiger partial charge in [0, 0.05) is 44.2 Å². The molecule has 6 heteroatoms. The summed E-state index contributed by atoms with van der Waals surface area (Å²) >= 11 is 0. The van der Waals surface area contributed by atoms with Gasteiger partial charge in [-0.2, -0.15) is 0 Å². The maximum Gasteiger partial charge on any atom is 0.191 e. The van der Waals surface area contributed by atoms with Crippen LogP contribution in [0.15, 0.2) is 58.1 Å². The third-order valence-electron chi connectivity index (χ3n) is 3.74. The zero-order chi connectivity index (χ0) is 15.9. The highest BCUT2D eigenvalue weighted by Crippen LogP contribution is 2.14. The minimum Gasteiger partial charge on any atom is -0.469 e. The predicted molar refractivity (Wildman–Crippen MR) is 109 cm³/mol. The highest BCUT2D eigenvalue weighted by atomic mass is 127. The Hall–Kier alpha value is -1.96. The van der Waals surface area contributed by atoms with E-state index >= 15 is 0 Å². The minimum absolute atomic E-state index is 0. The summed E-state index contributed by atoms with van der Waals surface area (Å²) in [5.74, 6) is 1.79. The largest absolute Gasteiger partial charge is 0.469 e. The van der Waals surface area contributed by atoms with Crippen molar-refractivity contribution in [2.45, 2.75) is 12.8 Å². The number of rotatable bonds is 6. The minimum atomic E-state index is 0. The molecular weight excluding hydrogens is 415 g/mol. The third-order valence-corrected chi connectivity index (χ3v) is 3.74. The molecule has 0 aliphatic carbocycles. The number of fused-ring (bicyclic) bond motifs is 1. The number of aliphatic imine (C=N–C) groups is 1. The first-order valence-electron chi connectivity index (χ1n) is 7.88. The second-order valence-electron chi connectivity index (χ2n) is 5.39. The molecule has 5 nitrogen and oxygen atoms in total. The van der Waals surface area contributed by atoms with Gasteiger partial charge in [-0.3, -0.25) is 4.99 Å². The fourth-order valence-corrected chi connectivity index (χ4v) is 2.56. The van der Waals surface area contributed by atoms with Gasteiger partial charge in [-0.15, -0.1) is 24.0 Å². The molecule has 2 heterocycles. The van der Waals surface area contributed by atoms with Gasteiger partial charge in [0.25, 0.3) is 0 Å². The number of H-pyrrole nitrogens is 1. The SMILES string of the molecule is CN=C(NCCc1cc2ccccc2[nH]1)NCCc1ccco1.I. The van der Waals surface area contributed by atoms with Crippen molar-refractivity contribution >= 4 is 40.8 Å². The van der Waals surface area contributed by atoms with Gasteiger partial charge in [-0.05, 0) is 29.7 Å². The van der Waals surface area contributed by atoms with Crippen LogP contribution in [0, 0.1) is 0 Å². The van der Waals surface area contributed by atoms with Crippen molar-refractivity contribution in [3.8, 4) is 0 Å². The summed E-state index contributed by atoms with van der Waals surface area (Å²) in [7, 11) is 1.78. The van der Waals surface area contributed by atoms with E-state index in [0.29, 0.717) is 0 Å². The van der Waals surface area contributed by atoms with E-state index in [2.05, 4.69) is 44.9 Å². The summed E-state index contributed by atoms with van der Waals surface area (Å²) in [4.78, 5) is 7.67. The Morgan fingerprint density at radius 2 is 1.88 bits per heavy atom. The molecule has 0 saturated heterocycles. The molecular formula is C18H23IN4O. The zero-order valence-electron chi connectivity index (χ0n) is 13.7. The number of nitrogens with zero attached hydrogens (tertiary/aromatic N) is 1. The molecule has 0 bridgehead atoms. The van der Waals surface area contributed by atoms with E-state index in [1.165, 1.54) is 16.6 Å². The number of halogens is 1. The quantitative estimate of drug-likeness (QED) is 0.314. The Kier molecular flexibility index (Phi) is 7.17. The molecule has 3 N–H and O–H groups in total. The van der Waals surface area contributed by atoms with Crippen molar-refractivity contribution < 1.29 is 4.42 Å². The summed E-state index contributed by atoms with van der Waals surface area (Å²) in [5, 5.41) is 7.87. The standard InChI is InChI=1S/C18H22N4O.HI/c1-19-18(21-11-9-16-6-4-12-23-16)20-10-8-15-13-14-5-2-3-7-17(14)22-15;/h2-7,12-13,22H,8-11H2,1H3,(H2,19,20,21);1H. The molecule has 3 rings (SSSR count). The van der Waals surface area contributed by atoms with Crippen LogP contribution >= 0.6 is 24.0 Å². The summed E-state index contributed by atoms with van der Waals surface area (Å²) in [5.41, 5.74) is 2.41. The van der Waals surface area contributed by atoms with E-state index in [4.69, 9.17) is 4.42 Å². The molecule has 0 unspecified atom stereocenters. The second kappa shape index (κ2) is 9.36. The molecule has 0 spiro atoms. The summed E-state index contributed by atoms with van der Waals surface area (Å²) in [6, 6.07) is 14.4. The number of hydrogen-bond donors (Lipinski definition) is 3. The number of guanidine groups is 1. The molecule has 1 aromatic carbocycles. The van der Waals surface area contributed by atoms with E-state index in [9.17, 15) is 0 Å². The van der Waals surface area contributed by atoms with E-state index in [1.807, 2.05) is 18.2 Å². The molecule has 128 valence electrons. The van der Waals surface area contributed by atoms with Crippen LogP contribution in [0.1, 0.15) is 11.5 Å². The smallest absolute Gasteiger partial charge is 0.191 e. The van der Waals surface area contributed by atoms with Gasteiger partial charge < -0.3 is 20.0 Å². The zero-order valence-corrected chi connectivity index (χ0v) is 16.0. The van der Waals surface area contributed by atoms with Gasteiger partial charge >= 0.3 is 0 Å². The first kappa shape index (κ1) is 18.4. The lowest BCUT2D eigenvalue weighted by molar-refractivity contribution is 0.507. The lowest BCUT2D eigenvalue weighted by Gasteiger charge is -2.10. The van der Waals surface area contributed by atoms with Crippen LogP contribution in [0.4, 0.5) is 0 Å². The maximum atomic E-state index is 5.31. The molecule has 0 amide bonds. The maximum absolute atomic E-state index is 5.31. The molecule has 0 radical (unpaired) electrons. The second-order valence-corrected chi connectivity index (χ2v) is 5.39. The van der Waals surface area contributed by atoms with Crippen LogP contribution in [0.2, 0.25) is 0 Å². The number of hydrogen-bond acceptors (Lipinski definition) is 2. The Morgan fingerprint density at radius 1 is 1.08 bits per heavy atom. The van der Waals surface area contributed by atoms with Crippen molar-refractivity contribution in [3.05, 3.63) is 60.2 Å². The molecule has 0 atom stereocenters. The number of aromatic nitrogens is 1. The average Bonchev–Trinajstić information content (AvgIpc) is 3.22.